The Kier molecular flexibility index (Phi) is 8.00. The molecule has 0 saturated carbocycles. The third kappa shape index (κ3) is 5.31. The van der Waals surface area contributed by atoms with Gasteiger partial charge in [0.1, 0.15) is 0 Å². The molecule has 1 atom stereocenters. The second kappa shape index (κ2) is 13.7. The van der Waals surface area contributed by atoms with Crippen LogP contribution in [0, 0.1) is 0 Å². The van der Waals surface area contributed by atoms with Gasteiger partial charge >= 0.3 is 0 Å². The van der Waals surface area contributed by atoms with Crippen LogP contribution in [0.25, 0.3) is 66.1 Å². The second-order valence-electron chi connectivity index (χ2n) is 15.1. The van der Waals surface area contributed by atoms with Crippen LogP contribution in [0.5, 0.6) is 0 Å². The molecule has 5 heteroatoms. The van der Waals surface area contributed by atoms with E-state index in [0.717, 1.165) is 25.1 Å². The molecule has 4 heterocycles. The fourth-order valence-corrected chi connectivity index (χ4v) is 14.6. The Morgan fingerprint density at radius 1 is 0.561 bits per heavy atom. The van der Waals surface area contributed by atoms with Gasteiger partial charge in [-0.2, -0.15) is 0 Å². The molecule has 0 radical (unpaired) electrons. The Balaban J connectivity index is 1.17. The lowest BCUT2D eigenvalue weighted by molar-refractivity contribution is 0.949. The number of para-hydroxylation sites is 3. The van der Waals surface area contributed by atoms with E-state index < -0.39 is 8.07 Å². The molecule has 0 amide bonds. The third-order valence-electron chi connectivity index (χ3n) is 12.1. The number of nitrogens with zero attached hydrogens (tertiary/aromatic N) is 3. The number of dihydropyridines is 1. The molecule has 272 valence electrons. The van der Waals surface area contributed by atoms with Crippen molar-refractivity contribution < 1.29 is 0 Å². The van der Waals surface area contributed by atoms with Gasteiger partial charge in [-0.15, -0.1) is 0 Å². The summed E-state index contributed by atoms with van der Waals surface area (Å²) in [5.74, 6) is 0. The van der Waals surface area contributed by atoms with Gasteiger partial charge in [-0.05, 0) is 106 Å². The predicted molar refractivity (Wildman–Crippen MR) is 242 cm³/mol. The van der Waals surface area contributed by atoms with Gasteiger partial charge in [-0.1, -0.05) is 127 Å². The fourth-order valence-electron chi connectivity index (χ4n) is 9.65. The monoisotopic (exact) mass is 748 g/mol. The summed E-state index contributed by atoms with van der Waals surface area (Å²) in [5, 5.41) is 14.2. The Bertz CT molecular complexity index is 3070. The quantitative estimate of drug-likeness (QED) is 0.165. The van der Waals surface area contributed by atoms with E-state index >= 15 is 0 Å². The minimum Gasteiger partial charge on any atom is -0.387 e. The van der Waals surface area contributed by atoms with E-state index in [1.165, 1.54) is 81.2 Å². The number of fused-ring (bicyclic) bond motifs is 6. The molecule has 1 aliphatic carbocycles. The molecule has 3 aromatic heterocycles. The number of pyridine rings is 1. The van der Waals surface area contributed by atoms with Crippen LogP contribution < -0.4 is 15.7 Å². The fraction of sp³-hybridized carbons (Fsp3) is 0.0577. The standard InChI is InChI=1S/C52H40N4Si/c1-2-14-37(15-3-1)38-16-10-17-39(32-38)55-51-27-9-6-24-47(51)48-34-42(28-29-52(48)55)57(43-20-12-30-53-35-43,44-21-13-31-54-36-44)41-19-11-18-40(33-41)56-49-25-7-4-22-45(49)46-23-5-8-26-50(46)56/h1-10,12-17,19-35,54H,11,18,36H2/t57-/m0/s1. The Morgan fingerprint density at radius 3 is 1.96 bits per heavy atom. The van der Waals surface area contributed by atoms with Gasteiger partial charge < -0.3 is 14.5 Å². The van der Waals surface area contributed by atoms with Crippen molar-refractivity contribution in [3.8, 4) is 16.8 Å². The molecule has 57 heavy (non-hydrogen) atoms. The first-order chi connectivity index (χ1) is 28.3. The first-order valence-corrected chi connectivity index (χ1v) is 21.9. The van der Waals surface area contributed by atoms with Gasteiger partial charge in [0.25, 0.3) is 0 Å². The molecule has 1 aliphatic heterocycles. The summed E-state index contributed by atoms with van der Waals surface area (Å²) < 4.78 is 4.96. The van der Waals surface area contributed by atoms with Crippen LogP contribution in [0.2, 0.25) is 0 Å². The van der Waals surface area contributed by atoms with Gasteiger partial charge in [0, 0.05) is 51.9 Å². The molecule has 4 nitrogen and oxygen atoms in total. The highest BCUT2D eigenvalue weighted by atomic mass is 28.3. The van der Waals surface area contributed by atoms with E-state index in [9.17, 15) is 0 Å². The van der Waals surface area contributed by atoms with E-state index in [1.54, 1.807) is 0 Å². The molecule has 11 rings (SSSR count). The third-order valence-corrected chi connectivity index (χ3v) is 16.9. The number of aromatic nitrogens is 3. The smallest absolute Gasteiger partial charge is 0.178 e. The maximum Gasteiger partial charge on any atom is 0.178 e. The second-order valence-corrected chi connectivity index (χ2v) is 19.0. The maximum atomic E-state index is 4.82. The van der Waals surface area contributed by atoms with Crippen molar-refractivity contribution in [3.05, 3.63) is 211 Å². The summed E-state index contributed by atoms with van der Waals surface area (Å²) in [6, 6.07) is 58.0. The van der Waals surface area contributed by atoms with Gasteiger partial charge in [-0.3, -0.25) is 4.98 Å². The van der Waals surface area contributed by atoms with Crippen molar-refractivity contribution in [2.24, 2.45) is 0 Å². The Hall–Kier alpha value is -6.95. The molecular weight excluding hydrogens is 709 g/mol. The van der Waals surface area contributed by atoms with Crippen LogP contribution in [0.3, 0.4) is 0 Å². The van der Waals surface area contributed by atoms with Crippen LogP contribution in [-0.2, 0) is 0 Å². The summed E-state index contributed by atoms with van der Waals surface area (Å²) in [5.41, 5.74) is 9.83. The van der Waals surface area contributed by atoms with E-state index in [-0.39, 0.29) is 0 Å². The lowest BCUT2D eigenvalue weighted by Crippen LogP contribution is -2.63. The summed E-state index contributed by atoms with van der Waals surface area (Å²) in [7, 11) is -2.92. The van der Waals surface area contributed by atoms with Crippen molar-refractivity contribution in [3.63, 3.8) is 0 Å². The molecule has 2 aliphatic rings. The van der Waals surface area contributed by atoms with Gasteiger partial charge in [-0.25, -0.2) is 0 Å². The molecule has 9 aromatic rings. The Labute approximate surface area is 333 Å². The van der Waals surface area contributed by atoms with Crippen LogP contribution in [0.15, 0.2) is 211 Å². The minimum atomic E-state index is -2.92. The summed E-state index contributed by atoms with van der Waals surface area (Å²) in [4.78, 5) is 4.82. The largest absolute Gasteiger partial charge is 0.387 e. The van der Waals surface area contributed by atoms with E-state index in [0.29, 0.717) is 0 Å². The van der Waals surface area contributed by atoms with E-state index in [1.807, 2.05) is 6.20 Å². The molecule has 0 bridgehead atoms. The van der Waals surface area contributed by atoms with Crippen molar-refractivity contribution in [2.45, 2.75) is 12.8 Å². The van der Waals surface area contributed by atoms with Crippen molar-refractivity contribution in [2.75, 3.05) is 6.54 Å². The number of allylic oxidation sites excluding steroid dienone is 6. The SMILES string of the molecule is C1=CNCC([Si@](C2=CCCC(n3c4ccccc4c4ccccc43)=C2)(c2cccnc2)c2ccc3c(c2)c2ccccc2n3-c2cccc(-c3ccccc3)c2)=C1. The molecule has 6 aromatic carbocycles. The molecule has 0 saturated heterocycles. The van der Waals surface area contributed by atoms with Gasteiger partial charge in [0.2, 0.25) is 0 Å². The predicted octanol–water partition coefficient (Wildman–Crippen LogP) is 10.9. The van der Waals surface area contributed by atoms with Crippen LogP contribution in [0.4, 0.5) is 0 Å². The lowest BCUT2D eigenvalue weighted by Gasteiger charge is -2.39. The number of benzene rings is 6. The minimum absolute atomic E-state index is 0.777. The van der Waals surface area contributed by atoms with Crippen LogP contribution >= 0.6 is 0 Å². The highest BCUT2D eigenvalue weighted by Crippen LogP contribution is 2.39. The zero-order chi connectivity index (χ0) is 37.8. The first-order valence-electron chi connectivity index (χ1n) is 19.9. The number of rotatable bonds is 7. The van der Waals surface area contributed by atoms with Crippen molar-refractivity contribution in [1.29, 1.82) is 0 Å². The highest BCUT2D eigenvalue weighted by molar-refractivity contribution is 7.12. The topological polar surface area (TPSA) is 34.8 Å². The molecular formula is C52H40N4Si. The molecule has 0 unspecified atom stereocenters. The lowest BCUT2D eigenvalue weighted by atomic mass is 10.1. The summed E-state index contributed by atoms with van der Waals surface area (Å²) in [6.07, 6.45) is 17.7. The normalized spacial score (nSPS) is 15.3. The maximum absolute atomic E-state index is 4.82. The first kappa shape index (κ1) is 33.4. The Morgan fingerprint density at radius 2 is 1.25 bits per heavy atom. The van der Waals surface area contributed by atoms with Crippen molar-refractivity contribution >= 4 is 67.8 Å². The van der Waals surface area contributed by atoms with E-state index in [2.05, 4.69) is 209 Å². The molecule has 0 spiro atoms. The molecule has 1 N–H and O–H groups in total. The number of nitrogens with one attached hydrogen (secondary N) is 1. The number of hydrogen-bond acceptors (Lipinski definition) is 2. The highest BCUT2D eigenvalue weighted by Gasteiger charge is 2.45. The van der Waals surface area contributed by atoms with Crippen LogP contribution in [0.1, 0.15) is 12.8 Å². The zero-order valence-electron chi connectivity index (χ0n) is 31.5. The van der Waals surface area contributed by atoms with E-state index in [4.69, 9.17) is 4.98 Å². The van der Waals surface area contributed by atoms with Gasteiger partial charge in [0.15, 0.2) is 8.07 Å². The van der Waals surface area contributed by atoms with Crippen LogP contribution in [-0.4, -0.2) is 28.7 Å². The molecule has 0 fully saturated rings. The van der Waals surface area contributed by atoms with Gasteiger partial charge in [0.05, 0.1) is 22.1 Å². The van der Waals surface area contributed by atoms with Crippen molar-refractivity contribution in [1.82, 2.24) is 19.4 Å². The average Bonchev–Trinajstić information content (AvgIpc) is 3.81. The summed E-state index contributed by atoms with van der Waals surface area (Å²) >= 11 is 0. The average molecular weight is 749 g/mol. The summed E-state index contributed by atoms with van der Waals surface area (Å²) in [6.45, 7) is 0.777. The zero-order valence-corrected chi connectivity index (χ0v) is 32.5. The number of hydrogen-bond donors (Lipinski definition) is 1.